The number of methoxy groups -OCH3 is 2. The maximum absolute atomic E-state index is 12.6. The van der Waals surface area contributed by atoms with Crippen molar-refractivity contribution in [1.82, 2.24) is 9.55 Å². The number of aromatic nitrogens is 2. The fourth-order valence-corrected chi connectivity index (χ4v) is 3.54. The van der Waals surface area contributed by atoms with Crippen molar-refractivity contribution in [2.75, 3.05) is 14.2 Å². The van der Waals surface area contributed by atoms with E-state index in [9.17, 15) is 25.0 Å². The molecular weight excluding hydrogens is 424 g/mol. The smallest absolute Gasteiger partial charge is 0.351 e. The topological polar surface area (TPSA) is 149 Å². The molecule has 0 unspecified atom stereocenters. The Kier molecular flexibility index (Phi) is 5.18. The highest BCUT2D eigenvalue weighted by Gasteiger charge is 2.25. The highest BCUT2D eigenvalue weighted by atomic mass is 16.6. The number of fused-ring (bicyclic) bond motifs is 3. The van der Waals surface area contributed by atoms with Gasteiger partial charge in [0.05, 0.1) is 35.8 Å². The largest absolute Gasteiger partial charge is 0.493 e. The molecule has 0 bridgehead atoms. The van der Waals surface area contributed by atoms with Crippen molar-refractivity contribution in [1.29, 1.82) is 0 Å². The number of rotatable bonds is 6. The van der Waals surface area contributed by atoms with Crippen LogP contribution >= 0.6 is 0 Å². The zero-order valence-corrected chi connectivity index (χ0v) is 16.9. The summed E-state index contributed by atoms with van der Waals surface area (Å²) in [5, 5.41) is 22.3. The van der Waals surface area contributed by atoms with Crippen LogP contribution in [0.2, 0.25) is 0 Å². The van der Waals surface area contributed by atoms with Crippen molar-refractivity contribution >= 4 is 11.4 Å². The number of hydrogen-bond donors (Lipinski definition) is 0. The molecule has 0 fully saturated rings. The van der Waals surface area contributed by atoms with Crippen LogP contribution in [0.1, 0.15) is 5.56 Å². The van der Waals surface area contributed by atoms with Gasteiger partial charge in [0.15, 0.2) is 11.5 Å². The van der Waals surface area contributed by atoms with Crippen molar-refractivity contribution in [2.24, 2.45) is 0 Å². The van der Waals surface area contributed by atoms with Gasteiger partial charge in [-0.05, 0) is 30.2 Å². The summed E-state index contributed by atoms with van der Waals surface area (Å²) in [5.41, 5.74) is 0.439. The molecule has 0 saturated heterocycles. The second-order valence-electron chi connectivity index (χ2n) is 6.80. The molecule has 0 saturated carbocycles. The highest BCUT2D eigenvalue weighted by Crippen LogP contribution is 2.39. The minimum absolute atomic E-state index is 0.180. The zero-order valence-electron chi connectivity index (χ0n) is 16.9. The molecule has 0 aliphatic carbocycles. The van der Waals surface area contributed by atoms with Crippen LogP contribution in [0, 0.1) is 20.2 Å². The molecular formula is C20H16N4O8. The number of ether oxygens (including phenoxy) is 3. The van der Waals surface area contributed by atoms with Crippen LogP contribution in [0.15, 0.2) is 41.2 Å². The highest BCUT2D eigenvalue weighted by molar-refractivity contribution is 5.71. The Hall–Kier alpha value is -4.48. The first-order valence-corrected chi connectivity index (χ1v) is 9.30. The van der Waals surface area contributed by atoms with Crippen molar-refractivity contribution in [2.45, 2.75) is 13.0 Å². The maximum Gasteiger partial charge on any atom is 0.351 e. The quantitative estimate of drug-likeness (QED) is 0.416. The number of benzene rings is 2. The molecule has 0 amide bonds. The molecule has 2 aromatic carbocycles. The summed E-state index contributed by atoms with van der Waals surface area (Å²) in [6, 6.07) is 7.99. The second kappa shape index (κ2) is 7.98. The summed E-state index contributed by atoms with van der Waals surface area (Å²) in [6.07, 6.45) is 0.568. The molecule has 0 radical (unpaired) electrons. The fraction of sp³-hybridized carbons (Fsp3) is 0.200. The number of nitro benzene ring substituents is 2. The Bertz CT molecular complexity index is 1320. The van der Waals surface area contributed by atoms with Crippen molar-refractivity contribution in [3.05, 3.63) is 72.7 Å². The Morgan fingerprint density at radius 2 is 1.69 bits per heavy atom. The van der Waals surface area contributed by atoms with Gasteiger partial charge in [-0.2, -0.15) is 4.98 Å². The summed E-state index contributed by atoms with van der Waals surface area (Å²) in [4.78, 5) is 37.2. The third kappa shape index (κ3) is 3.57. The Balaban J connectivity index is 1.81. The third-order valence-corrected chi connectivity index (χ3v) is 5.04. The van der Waals surface area contributed by atoms with Gasteiger partial charge in [-0.1, -0.05) is 0 Å². The normalized spacial score (nSPS) is 11.8. The minimum Gasteiger partial charge on any atom is -0.493 e. The van der Waals surface area contributed by atoms with E-state index in [0.717, 1.165) is 23.8 Å². The van der Waals surface area contributed by atoms with Gasteiger partial charge in [-0.3, -0.25) is 24.8 Å². The van der Waals surface area contributed by atoms with Crippen LogP contribution in [0.5, 0.6) is 23.1 Å². The molecule has 2 heterocycles. The van der Waals surface area contributed by atoms with Gasteiger partial charge < -0.3 is 14.2 Å². The first-order chi connectivity index (χ1) is 15.3. The predicted octanol–water partition coefficient (Wildman–Crippen LogP) is 3.09. The van der Waals surface area contributed by atoms with Crippen LogP contribution in [-0.2, 0) is 13.0 Å². The molecule has 0 atom stereocenters. The molecule has 4 rings (SSSR count). The summed E-state index contributed by atoms with van der Waals surface area (Å²) in [6.45, 7) is 0.377. The van der Waals surface area contributed by atoms with Crippen LogP contribution in [0.4, 0.5) is 11.4 Å². The Labute approximate surface area is 179 Å². The number of nitro groups is 2. The predicted molar refractivity (Wildman–Crippen MR) is 111 cm³/mol. The summed E-state index contributed by atoms with van der Waals surface area (Å²) >= 11 is 0. The van der Waals surface area contributed by atoms with E-state index in [-0.39, 0.29) is 11.6 Å². The summed E-state index contributed by atoms with van der Waals surface area (Å²) < 4.78 is 17.7. The first-order valence-electron chi connectivity index (χ1n) is 9.30. The van der Waals surface area contributed by atoms with Gasteiger partial charge in [0.25, 0.3) is 5.69 Å². The summed E-state index contributed by atoms with van der Waals surface area (Å²) in [5.74, 6) is 0.563. The number of nitrogens with zero attached hydrogens (tertiary/aromatic N) is 4. The molecule has 32 heavy (non-hydrogen) atoms. The van der Waals surface area contributed by atoms with E-state index in [1.807, 2.05) is 6.07 Å². The SMILES string of the molecule is COc1cc2c(cc1OC)-c1cc(Oc3ccc([N+](=O)[O-])cc3[N+](=O)[O-])nc(=O)n1CC2. The van der Waals surface area contributed by atoms with Crippen LogP contribution in [0.3, 0.4) is 0 Å². The van der Waals surface area contributed by atoms with E-state index in [4.69, 9.17) is 14.2 Å². The molecule has 12 nitrogen and oxygen atoms in total. The Morgan fingerprint density at radius 3 is 2.34 bits per heavy atom. The van der Waals surface area contributed by atoms with Crippen LogP contribution in [-0.4, -0.2) is 33.6 Å². The minimum atomic E-state index is -0.806. The summed E-state index contributed by atoms with van der Waals surface area (Å²) in [7, 11) is 3.02. The lowest BCUT2D eigenvalue weighted by atomic mass is 9.97. The molecule has 1 aliphatic rings. The molecule has 164 valence electrons. The van der Waals surface area contributed by atoms with Gasteiger partial charge in [0, 0.05) is 24.2 Å². The molecule has 1 aliphatic heterocycles. The van der Waals surface area contributed by atoms with Crippen molar-refractivity contribution in [3.8, 4) is 34.4 Å². The zero-order chi connectivity index (χ0) is 23.0. The average molecular weight is 440 g/mol. The van der Waals surface area contributed by atoms with Gasteiger partial charge in [0.2, 0.25) is 11.6 Å². The van der Waals surface area contributed by atoms with Gasteiger partial charge >= 0.3 is 11.4 Å². The van der Waals surface area contributed by atoms with Crippen molar-refractivity contribution in [3.63, 3.8) is 0 Å². The van der Waals surface area contributed by atoms with E-state index >= 15 is 0 Å². The standard InChI is InChI=1S/C20H16N4O8/c1-30-17-7-11-5-6-22-14(13(11)9-18(17)31-2)10-19(21-20(22)25)32-16-4-3-12(23(26)27)8-15(16)24(28)29/h3-4,7-10H,5-6H2,1-2H3. The third-order valence-electron chi connectivity index (χ3n) is 5.04. The lowest BCUT2D eigenvalue weighted by Crippen LogP contribution is -2.28. The van der Waals surface area contributed by atoms with E-state index in [1.165, 1.54) is 24.9 Å². The fourth-order valence-electron chi connectivity index (χ4n) is 3.54. The van der Waals surface area contributed by atoms with E-state index < -0.39 is 26.9 Å². The van der Waals surface area contributed by atoms with Crippen LogP contribution < -0.4 is 19.9 Å². The van der Waals surface area contributed by atoms with Gasteiger partial charge in [0.1, 0.15) is 0 Å². The van der Waals surface area contributed by atoms with Crippen LogP contribution in [0.25, 0.3) is 11.3 Å². The molecule has 0 N–H and O–H groups in total. The number of hydrogen-bond acceptors (Lipinski definition) is 9. The van der Waals surface area contributed by atoms with Gasteiger partial charge in [-0.25, -0.2) is 4.79 Å². The lowest BCUT2D eigenvalue weighted by Gasteiger charge is -2.23. The second-order valence-corrected chi connectivity index (χ2v) is 6.80. The van der Waals surface area contributed by atoms with E-state index in [0.29, 0.717) is 35.7 Å². The Morgan fingerprint density at radius 1 is 0.969 bits per heavy atom. The number of aryl methyl sites for hydroxylation is 1. The monoisotopic (exact) mass is 440 g/mol. The molecule has 3 aromatic rings. The molecule has 0 spiro atoms. The maximum atomic E-state index is 12.6. The van der Waals surface area contributed by atoms with Gasteiger partial charge in [-0.15, -0.1) is 0 Å². The van der Waals surface area contributed by atoms with Crippen molar-refractivity contribution < 1.29 is 24.1 Å². The molecule has 1 aromatic heterocycles. The molecule has 12 heteroatoms. The first kappa shape index (κ1) is 20.8. The van der Waals surface area contributed by atoms with E-state index in [2.05, 4.69) is 4.98 Å². The lowest BCUT2D eigenvalue weighted by molar-refractivity contribution is -0.394. The van der Waals surface area contributed by atoms with E-state index in [1.54, 1.807) is 6.07 Å². The number of non-ortho nitro benzene ring substituents is 1. The average Bonchev–Trinajstić information content (AvgIpc) is 2.77.